The highest BCUT2D eigenvalue weighted by molar-refractivity contribution is 6.30. The molecule has 21 heavy (non-hydrogen) atoms. The van der Waals surface area contributed by atoms with E-state index < -0.39 is 0 Å². The van der Waals surface area contributed by atoms with Gasteiger partial charge in [-0.25, -0.2) is 0 Å². The lowest BCUT2D eigenvalue weighted by Crippen LogP contribution is -2.43. The first-order chi connectivity index (χ1) is 10.3. The van der Waals surface area contributed by atoms with Gasteiger partial charge < -0.3 is 14.6 Å². The lowest BCUT2D eigenvalue weighted by Gasteiger charge is -2.25. The molecule has 0 radical (unpaired) electrons. The van der Waals surface area contributed by atoms with E-state index in [-0.39, 0.29) is 0 Å². The number of nitrogens with one attached hydrogen (secondary N) is 1. The maximum Gasteiger partial charge on any atom is 0.261 e. The van der Waals surface area contributed by atoms with Gasteiger partial charge >= 0.3 is 0 Å². The first-order valence-electron chi connectivity index (χ1n) is 6.86. The van der Waals surface area contributed by atoms with Crippen molar-refractivity contribution in [3.8, 4) is 17.2 Å². The summed E-state index contributed by atoms with van der Waals surface area (Å²) < 4.78 is 10.7. The Bertz CT molecular complexity index is 611. The minimum Gasteiger partial charge on any atom is -0.496 e. The third kappa shape index (κ3) is 3.34. The third-order valence-electron chi connectivity index (χ3n) is 3.43. The predicted octanol–water partition coefficient (Wildman–Crippen LogP) is 1.80. The fourth-order valence-corrected chi connectivity index (χ4v) is 2.52. The van der Waals surface area contributed by atoms with Gasteiger partial charge in [-0.1, -0.05) is 16.8 Å². The zero-order valence-electron chi connectivity index (χ0n) is 11.8. The van der Waals surface area contributed by atoms with Crippen LogP contribution in [0.3, 0.4) is 0 Å². The topological polar surface area (TPSA) is 63.4 Å². The smallest absolute Gasteiger partial charge is 0.261 e. The molecule has 112 valence electrons. The summed E-state index contributed by atoms with van der Waals surface area (Å²) in [5.41, 5.74) is 0.712. The van der Waals surface area contributed by atoms with Gasteiger partial charge in [0, 0.05) is 31.2 Å². The van der Waals surface area contributed by atoms with Crippen molar-refractivity contribution in [3.63, 3.8) is 0 Å². The van der Waals surface area contributed by atoms with Gasteiger partial charge in [-0.3, -0.25) is 4.90 Å². The second-order valence-electron chi connectivity index (χ2n) is 4.89. The number of piperazine rings is 1. The van der Waals surface area contributed by atoms with Crippen LogP contribution in [0.1, 0.15) is 5.82 Å². The molecule has 1 fully saturated rings. The first-order valence-corrected chi connectivity index (χ1v) is 7.23. The average molecular weight is 309 g/mol. The van der Waals surface area contributed by atoms with Gasteiger partial charge in [0.05, 0.1) is 19.2 Å². The first kappa shape index (κ1) is 14.3. The minimum absolute atomic E-state index is 0.430. The second kappa shape index (κ2) is 6.43. The van der Waals surface area contributed by atoms with E-state index in [1.54, 1.807) is 25.3 Å². The molecule has 1 saturated heterocycles. The largest absolute Gasteiger partial charge is 0.496 e. The Morgan fingerprint density at radius 2 is 2.19 bits per heavy atom. The van der Waals surface area contributed by atoms with Crippen molar-refractivity contribution in [1.29, 1.82) is 0 Å². The van der Waals surface area contributed by atoms with Crippen LogP contribution in [0.5, 0.6) is 5.75 Å². The number of hydrogen-bond acceptors (Lipinski definition) is 6. The Hall–Kier alpha value is -1.63. The normalized spacial score (nSPS) is 16.1. The van der Waals surface area contributed by atoms with Crippen LogP contribution in [0.25, 0.3) is 11.5 Å². The molecule has 7 heteroatoms. The molecule has 2 aromatic rings. The van der Waals surface area contributed by atoms with Crippen molar-refractivity contribution in [3.05, 3.63) is 29.0 Å². The third-order valence-corrected chi connectivity index (χ3v) is 3.67. The van der Waals surface area contributed by atoms with Gasteiger partial charge in [-0.15, -0.1) is 0 Å². The molecule has 1 aliphatic heterocycles. The number of ether oxygens (including phenoxy) is 1. The molecule has 1 aromatic heterocycles. The van der Waals surface area contributed by atoms with Crippen molar-refractivity contribution in [1.82, 2.24) is 20.4 Å². The van der Waals surface area contributed by atoms with Gasteiger partial charge in [0.2, 0.25) is 0 Å². The maximum atomic E-state index is 6.03. The molecule has 0 spiro atoms. The Kier molecular flexibility index (Phi) is 4.38. The van der Waals surface area contributed by atoms with Gasteiger partial charge in [0.1, 0.15) is 5.75 Å². The van der Waals surface area contributed by atoms with Crippen LogP contribution < -0.4 is 10.1 Å². The van der Waals surface area contributed by atoms with E-state index in [1.807, 2.05) is 0 Å². The molecule has 1 aliphatic rings. The van der Waals surface area contributed by atoms with E-state index in [2.05, 4.69) is 20.4 Å². The van der Waals surface area contributed by atoms with E-state index >= 15 is 0 Å². The summed E-state index contributed by atoms with van der Waals surface area (Å²) >= 11 is 6.03. The quantitative estimate of drug-likeness (QED) is 0.929. The lowest BCUT2D eigenvalue weighted by atomic mass is 10.2. The molecule has 0 unspecified atom stereocenters. The second-order valence-corrected chi connectivity index (χ2v) is 5.32. The number of methoxy groups -OCH3 is 1. The van der Waals surface area contributed by atoms with E-state index in [1.165, 1.54) is 0 Å². The summed E-state index contributed by atoms with van der Waals surface area (Å²) in [6.45, 7) is 4.66. The van der Waals surface area contributed by atoms with Gasteiger partial charge in [0.15, 0.2) is 5.82 Å². The van der Waals surface area contributed by atoms with Crippen molar-refractivity contribution in [2.75, 3.05) is 33.3 Å². The maximum absolute atomic E-state index is 6.03. The molecule has 1 aromatic carbocycles. The SMILES string of the molecule is COc1ccc(Cl)cc1-c1nc(CN2CCNCC2)no1. The van der Waals surface area contributed by atoms with Crippen LogP contribution >= 0.6 is 11.6 Å². The Balaban J connectivity index is 1.79. The van der Waals surface area contributed by atoms with Crippen molar-refractivity contribution >= 4 is 11.6 Å². The molecule has 0 bridgehead atoms. The number of benzene rings is 1. The molecule has 2 heterocycles. The van der Waals surface area contributed by atoms with Crippen LogP contribution in [0, 0.1) is 0 Å². The van der Waals surface area contributed by atoms with Gasteiger partial charge in [-0.05, 0) is 18.2 Å². The van der Waals surface area contributed by atoms with E-state index in [0.29, 0.717) is 34.6 Å². The number of aromatic nitrogens is 2. The zero-order valence-corrected chi connectivity index (χ0v) is 12.6. The van der Waals surface area contributed by atoms with Gasteiger partial charge in [-0.2, -0.15) is 4.98 Å². The molecular weight excluding hydrogens is 292 g/mol. The molecule has 0 amide bonds. The molecule has 0 aliphatic carbocycles. The monoisotopic (exact) mass is 308 g/mol. The number of rotatable bonds is 4. The molecule has 0 saturated carbocycles. The van der Waals surface area contributed by atoms with Crippen LogP contribution in [-0.2, 0) is 6.54 Å². The Morgan fingerprint density at radius 1 is 1.38 bits per heavy atom. The highest BCUT2D eigenvalue weighted by Crippen LogP contribution is 2.31. The Morgan fingerprint density at radius 3 is 2.95 bits per heavy atom. The molecular formula is C14H17ClN4O2. The summed E-state index contributed by atoms with van der Waals surface area (Å²) in [5, 5.41) is 7.96. The van der Waals surface area contributed by atoms with Crippen LogP contribution in [0.15, 0.2) is 22.7 Å². The Labute approximate surface area is 128 Å². The summed E-state index contributed by atoms with van der Waals surface area (Å²) in [5.74, 6) is 1.77. The summed E-state index contributed by atoms with van der Waals surface area (Å²) in [7, 11) is 1.60. The van der Waals surface area contributed by atoms with Crippen molar-refractivity contribution < 1.29 is 9.26 Å². The molecule has 0 atom stereocenters. The average Bonchev–Trinajstić information content (AvgIpc) is 2.96. The summed E-state index contributed by atoms with van der Waals surface area (Å²) in [6, 6.07) is 5.32. The number of nitrogens with zero attached hydrogens (tertiary/aromatic N) is 3. The predicted molar refractivity (Wildman–Crippen MR) is 79.4 cm³/mol. The van der Waals surface area contributed by atoms with E-state index in [4.69, 9.17) is 20.9 Å². The summed E-state index contributed by atoms with van der Waals surface area (Å²) in [6.07, 6.45) is 0. The van der Waals surface area contributed by atoms with Crippen LogP contribution in [0.4, 0.5) is 0 Å². The zero-order chi connectivity index (χ0) is 14.7. The standard InChI is InChI=1S/C14H17ClN4O2/c1-20-12-3-2-10(15)8-11(12)14-17-13(18-21-14)9-19-6-4-16-5-7-19/h2-3,8,16H,4-7,9H2,1H3. The van der Waals surface area contributed by atoms with Crippen LogP contribution in [0.2, 0.25) is 5.02 Å². The van der Waals surface area contributed by atoms with E-state index in [9.17, 15) is 0 Å². The molecule has 6 nitrogen and oxygen atoms in total. The molecule has 3 rings (SSSR count). The highest BCUT2D eigenvalue weighted by Gasteiger charge is 2.17. The lowest BCUT2D eigenvalue weighted by molar-refractivity contribution is 0.225. The highest BCUT2D eigenvalue weighted by atomic mass is 35.5. The van der Waals surface area contributed by atoms with Crippen molar-refractivity contribution in [2.45, 2.75) is 6.54 Å². The fourth-order valence-electron chi connectivity index (χ4n) is 2.34. The van der Waals surface area contributed by atoms with Crippen LogP contribution in [-0.4, -0.2) is 48.3 Å². The fraction of sp³-hybridized carbons (Fsp3) is 0.429. The molecule has 1 N–H and O–H groups in total. The van der Waals surface area contributed by atoms with Gasteiger partial charge in [0.25, 0.3) is 5.89 Å². The number of hydrogen-bond donors (Lipinski definition) is 1. The summed E-state index contributed by atoms with van der Waals surface area (Å²) in [4.78, 5) is 6.74. The van der Waals surface area contributed by atoms with E-state index in [0.717, 1.165) is 26.2 Å². The van der Waals surface area contributed by atoms with Crippen molar-refractivity contribution in [2.24, 2.45) is 0 Å². The number of halogens is 1. The minimum atomic E-state index is 0.430.